The Morgan fingerprint density at radius 3 is 2.65 bits per heavy atom. The lowest BCUT2D eigenvalue weighted by Crippen LogP contribution is -2.41. The van der Waals surface area contributed by atoms with Crippen LogP contribution in [0.5, 0.6) is 5.75 Å². The van der Waals surface area contributed by atoms with Gasteiger partial charge in [0.1, 0.15) is 5.75 Å². The largest absolute Gasteiger partial charge is 0.497 e. The second kappa shape index (κ2) is 9.16. The van der Waals surface area contributed by atoms with E-state index in [1.54, 1.807) is 18.1 Å². The van der Waals surface area contributed by atoms with Gasteiger partial charge in [-0.25, -0.2) is 9.78 Å². The molecule has 4 rings (SSSR count). The van der Waals surface area contributed by atoms with E-state index in [-0.39, 0.29) is 12.5 Å². The molecule has 2 aromatic carbocycles. The molecule has 160 valence electrons. The molecule has 1 fully saturated rings. The number of para-hydroxylation sites is 1. The zero-order valence-electron chi connectivity index (χ0n) is 17.8. The first-order chi connectivity index (χ1) is 15.0. The van der Waals surface area contributed by atoms with Crippen LogP contribution in [0.25, 0.3) is 22.2 Å². The number of piperidine rings is 1. The topological polar surface area (TPSA) is 68.7 Å². The molecule has 0 saturated carbocycles. The van der Waals surface area contributed by atoms with Crippen molar-refractivity contribution in [3.63, 3.8) is 0 Å². The minimum absolute atomic E-state index is 0.145. The van der Waals surface area contributed by atoms with E-state index in [9.17, 15) is 9.59 Å². The highest BCUT2D eigenvalue weighted by atomic mass is 16.5. The Kier molecular flexibility index (Phi) is 6.16. The highest BCUT2D eigenvalue weighted by Gasteiger charge is 2.23. The highest BCUT2D eigenvalue weighted by molar-refractivity contribution is 6.05. The number of hydrogen-bond donors (Lipinski definition) is 0. The van der Waals surface area contributed by atoms with Crippen LogP contribution in [0.15, 0.2) is 54.6 Å². The van der Waals surface area contributed by atoms with E-state index in [1.807, 2.05) is 48.5 Å². The molecule has 0 aliphatic carbocycles. The number of hydrogen-bond acceptors (Lipinski definition) is 5. The summed E-state index contributed by atoms with van der Waals surface area (Å²) >= 11 is 0. The Morgan fingerprint density at radius 2 is 1.90 bits per heavy atom. The Morgan fingerprint density at radius 1 is 1.13 bits per heavy atom. The van der Waals surface area contributed by atoms with Crippen LogP contribution in [0.2, 0.25) is 0 Å². The fourth-order valence-electron chi connectivity index (χ4n) is 3.97. The van der Waals surface area contributed by atoms with Crippen LogP contribution >= 0.6 is 0 Å². The summed E-state index contributed by atoms with van der Waals surface area (Å²) in [4.78, 5) is 32.0. The number of fused-ring (bicyclic) bond motifs is 1. The van der Waals surface area contributed by atoms with Gasteiger partial charge in [0.05, 0.1) is 23.9 Å². The summed E-state index contributed by atoms with van der Waals surface area (Å²) in [6.45, 7) is 3.33. The number of aromatic nitrogens is 1. The average molecular weight is 418 g/mol. The lowest BCUT2D eigenvalue weighted by molar-refractivity contribution is -0.136. The first kappa shape index (κ1) is 20.8. The molecule has 6 heteroatoms. The molecule has 31 heavy (non-hydrogen) atoms. The summed E-state index contributed by atoms with van der Waals surface area (Å²) in [5.41, 5.74) is 2.61. The van der Waals surface area contributed by atoms with Crippen LogP contribution in [0.4, 0.5) is 0 Å². The maximum absolute atomic E-state index is 13.0. The van der Waals surface area contributed by atoms with Crippen molar-refractivity contribution in [3.05, 3.63) is 60.2 Å². The van der Waals surface area contributed by atoms with Crippen molar-refractivity contribution in [2.75, 3.05) is 26.8 Å². The number of rotatable bonds is 5. The minimum Gasteiger partial charge on any atom is -0.497 e. The molecular weight excluding hydrogens is 392 g/mol. The van der Waals surface area contributed by atoms with Gasteiger partial charge in [-0.3, -0.25) is 4.79 Å². The molecule has 1 atom stereocenters. The Hall–Kier alpha value is -3.41. The van der Waals surface area contributed by atoms with E-state index < -0.39 is 5.97 Å². The van der Waals surface area contributed by atoms with Gasteiger partial charge in [0.2, 0.25) is 0 Å². The van der Waals surface area contributed by atoms with Crippen LogP contribution in [-0.4, -0.2) is 48.6 Å². The molecule has 1 unspecified atom stereocenters. The van der Waals surface area contributed by atoms with Crippen LogP contribution in [0.3, 0.4) is 0 Å². The summed E-state index contributed by atoms with van der Waals surface area (Å²) in [7, 11) is 1.61. The van der Waals surface area contributed by atoms with Crippen LogP contribution in [0.1, 0.15) is 30.1 Å². The summed E-state index contributed by atoms with van der Waals surface area (Å²) in [5.74, 6) is 0.555. The van der Waals surface area contributed by atoms with E-state index in [0.29, 0.717) is 28.1 Å². The highest BCUT2D eigenvalue weighted by Crippen LogP contribution is 2.27. The fourth-order valence-corrected chi connectivity index (χ4v) is 3.97. The molecule has 1 amide bonds. The quantitative estimate of drug-likeness (QED) is 0.577. The van der Waals surface area contributed by atoms with Gasteiger partial charge >= 0.3 is 5.97 Å². The molecule has 1 saturated heterocycles. The Bertz CT molecular complexity index is 1090. The summed E-state index contributed by atoms with van der Waals surface area (Å²) in [5, 5.41) is 0.698. The van der Waals surface area contributed by atoms with Gasteiger partial charge in [-0.1, -0.05) is 25.1 Å². The predicted molar refractivity (Wildman–Crippen MR) is 119 cm³/mol. The zero-order valence-corrected chi connectivity index (χ0v) is 17.8. The van der Waals surface area contributed by atoms with E-state index in [4.69, 9.17) is 14.5 Å². The third-order valence-electron chi connectivity index (χ3n) is 5.66. The molecule has 0 spiro atoms. The number of carbonyl (C=O) groups excluding carboxylic acids is 2. The SMILES string of the molecule is COc1ccc(-c2cc(C(=O)OCC(=O)N3CCCC(C)C3)c3ccccc3n2)cc1. The van der Waals surface area contributed by atoms with Crippen molar-refractivity contribution < 1.29 is 19.1 Å². The predicted octanol–water partition coefficient (Wildman–Crippen LogP) is 4.33. The fraction of sp³-hybridized carbons (Fsp3) is 0.320. The number of nitrogens with zero attached hydrogens (tertiary/aromatic N) is 2. The normalized spacial score (nSPS) is 16.2. The van der Waals surface area contributed by atoms with Gasteiger partial charge in [-0.05, 0) is 55.2 Å². The molecule has 0 N–H and O–H groups in total. The first-order valence-corrected chi connectivity index (χ1v) is 10.5. The first-order valence-electron chi connectivity index (χ1n) is 10.5. The maximum atomic E-state index is 13.0. The maximum Gasteiger partial charge on any atom is 0.339 e. The van der Waals surface area contributed by atoms with Gasteiger partial charge in [-0.2, -0.15) is 0 Å². The van der Waals surface area contributed by atoms with Crippen molar-refractivity contribution in [2.45, 2.75) is 19.8 Å². The number of ether oxygens (including phenoxy) is 2. The lowest BCUT2D eigenvalue weighted by Gasteiger charge is -2.30. The number of likely N-dealkylation sites (tertiary alicyclic amines) is 1. The zero-order chi connectivity index (χ0) is 21.8. The summed E-state index contributed by atoms with van der Waals surface area (Å²) in [6, 6.07) is 16.6. The summed E-state index contributed by atoms with van der Waals surface area (Å²) < 4.78 is 10.7. The van der Waals surface area contributed by atoms with Crippen LogP contribution in [0, 0.1) is 5.92 Å². The summed E-state index contributed by atoms with van der Waals surface area (Å²) in [6.07, 6.45) is 2.11. The third kappa shape index (κ3) is 4.68. The molecule has 6 nitrogen and oxygen atoms in total. The van der Waals surface area contributed by atoms with Gasteiger partial charge in [0, 0.05) is 24.0 Å². The van der Waals surface area contributed by atoms with E-state index >= 15 is 0 Å². The van der Waals surface area contributed by atoms with Gasteiger partial charge < -0.3 is 14.4 Å². The smallest absolute Gasteiger partial charge is 0.339 e. The number of amides is 1. The molecule has 2 heterocycles. The third-order valence-corrected chi connectivity index (χ3v) is 5.66. The van der Waals surface area contributed by atoms with Crippen molar-refractivity contribution in [2.24, 2.45) is 5.92 Å². The van der Waals surface area contributed by atoms with E-state index in [2.05, 4.69) is 6.92 Å². The minimum atomic E-state index is -0.522. The standard InChI is InChI=1S/C25H26N2O4/c1-17-6-5-13-27(15-17)24(28)16-31-25(29)21-14-23(18-9-11-19(30-2)12-10-18)26-22-8-4-3-7-20(21)22/h3-4,7-12,14,17H,5-6,13,15-16H2,1-2H3. The van der Waals surface area contributed by atoms with Gasteiger partial charge in [0.25, 0.3) is 5.91 Å². The Labute approximate surface area is 181 Å². The molecule has 1 aliphatic heterocycles. The van der Waals surface area contributed by atoms with E-state index in [0.717, 1.165) is 37.2 Å². The average Bonchev–Trinajstić information content (AvgIpc) is 2.81. The van der Waals surface area contributed by atoms with Crippen molar-refractivity contribution in [1.82, 2.24) is 9.88 Å². The number of carbonyl (C=O) groups is 2. The van der Waals surface area contributed by atoms with Gasteiger partial charge in [-0.15, -0.1) is 0 Å². The Balaban J connectivity index is 1.58. The second-order valence-corrected chi connectivity index (χ2v) is 7.96. The van der Waals surface area contributed by atoms with Crippen LogP contribution < -0.4 is 4.74 Å². The molecule has 0 bridgehead atoms. The number of benzene rings is 2. The second-order valence-electron chi connectivity index (χ2n) is 7.96. The van der Waals surface area contributed by atoms with E-state index in [1.165, 1.54) is 0 Å². The van der Waals surface area contributed by atoms with Crippen molar-refractivity contribution >= 4 is 22.8 Å². The lowest BCUT2D eigenvalue weighted by atomic mass is 10.0. The molecule has 3 aromatic rings. The molecule has 1 aromatic heterocycles. The number of esters is 1. The number of pyridine rings is 1. The van der Waals surface area contributed by atoms with Crippen molar-refractivity contribution in [1.29, 1.82) is 0 Å². The monoisotopic (exact) mass is 418 g/mol. The molecule has 0 radical (unpaired) electrons. The molecule has 1 aliphatic rings. The van der Waals surface area contributed by atoms with Gasteiger partial charge in [0.15, 0.2) is 6.61 Å². The number of methoxy groups -OCH3 is 1. The molecular formula is C25H26N2O4. The van der Waals surface area contributed by atoms with Crippen LogP contribution in [-0.2, 0) is 9.53 Å². The van der Waals surface area contributed by atoms with Crippen molar-refractivity contribution in [3.8, 4) is 17.0 Å².